The van der Waals surface area contributed by atoms with Gasteiger partial charge in [-0.15, -0.1) is 0 Å². The van der Waals surface area contributed by atoms with Crippen molar-refractivity contribution in [3.63, 3.8) is 0 Å². The Morgan fingerprint density at radius 2 is 2.22 bits per heavy atom. The van der Waals surface area contributed by atoms with Gasteiger partial charge in [0, 0.05) is 18.6 Å². The Kier molecular flexibility index (Phi) is 3.78. The number of rotatable bonds is 3. The highest BCUT2D eigenvalue weighted by molar-refractivity contribution is 5.41. The summed E-state index contributed by atoms with van der Waals surface area (Å²) in [7, 11) is 1.56. The largest absolute Gasteiger partial charge is 0.504 e. The van der Waals surface area contributed by atoms with Crippen molar-refractivity contribution in [1.29, 1.82) is 0 Å². The van der Waals surface area contributed by atoms with Crippen molar-refractivity contribution in [1.82, 2.24) is 4.90 Å². The molecule has 4 nitrogen and oxygen atoms in total. The number of benzene rings is 1. The SMILES string of the molecule is COc1ccc(CN2CCOCC2(C)C)cc1O. The predicted octanol–water partition coefficient (Wildman–Crippen LogP) is 2.01. The van der Waals surface area contributed by atoms with Crippen molar-refractivity contribution in [3.8, 4) is 11.5 Å². The number of ether oxygens (including phenoxy) is 2. The zero-order valence-electron chi connectivity index (χ0n) is 11.3. The highest BCUT2D eigenvalue weighted by Gasteiger charge is 2.30. The van der Waals surface area contributed by atoms with Gasteiger partial charge < -0.3 is 14.6 Å². The number of aromatic hydroxyl groups is 1. The second-order valence-electron chi connectivity index (χ2n) is 5.29. The van der Waals surface area contributed by atoms with Crippen molar-refractivity contribution in [2.45, 2.75) is 25.9 Å². The fourth-order valence-electron chi connectivity index (χ4n) is 2.24. The second-order valence-corrected chi connectivity index (χ2v) is 5.29. The molecule has 1 aromatic carbocycles. The molecule has 1 aliphatic heterocycles. The van der Waals surface area contributed by atoms with E-state index >= 15 is 0 Å². The first-order valence-corrected chi connectivity index (χ1v) is 6.21. The van der Waals surface area contributed by atoms with E-state index in [2.05, 4.69) is 18.7 Å². The summed E-state index contributed by atoms with van der Waals surface area (Å²) >= 11 is 0. The van der Waals surface area contributed by atoms with E-state index in [1.54, 1.807) is 19.2 Å². The molecule has 0 bridgehead atoms. The Morgan fingerprint density at radius 3 is 2.83 bits per heavy atom. The van der Waals surface area contributed by atoms with Gasteiger partial charge in [0.1, 0.15) is 0 Å². The summed E-state index contributed by atoms with van der Waals surface area (Å²) in [6, 6.07) is 5.56. The number of nitrogens with zero attached hydrogens (tertiary/aromatic N) is 1. The van der Waals surface area contributed by atoms with Gasteiger partial charge in [-0.05, 0) is 31.5 Å². The minimum atomic E-state index is 0.0355. The van der Waals surface area contributed by atoms with Gasteiger partial charge in [0.25, 0.3) is 0 Å². The van der Waals surface area contributed by atoms with Crippen LogP contribution in [-0.2, 0) is 11.3 Å². The molecule has 18 heavy (non-hydrogen) atoms. The number of hydrogen-bond acceptors (Lipinski definition) is 4. The Labute approximate surface area is 108 Å². The summed E-state index contributed by atoms with van der Waals surface area (Å²) in [5.41, 5.74) is 1.12. The van der Waals surface area contributed by atoms with Crippen LogP contribution >= 0.6 is 0 Å². The van der Waals surface area contributed by atoms with E-state index < -0.39 is 0 Å². The van der Waals surface area contributed by atoms with Crippen LogP contribution in [0, 0.1) is 0 Å². The normalized spacial score (nSPS) is 19.7. The smallest absolute Gasteiger partial charge is 0.160 e. The molecule has 0 atom stereocenters. The first-order chi connectivity index (χ1) is 8.53. The van der Waals surface area contributed by atoms with Crippen molar-refractivity contribution in [2.75, 3.05) is 26.9 Å². The monoisotopic (exact) mass is 251 g/mol. The van der Waals surface area contributed by atoms with Crippen LogP contribution in [0.2, 0.25) is 0 Å². The van der Waals surface area contributed by atoms with Gasteiger partial charge in [-0.3, -0.25) is 4.90 Å². The maximum atomic E-state index is 9.78. The molecule has 1 N–H and O–H groups in total. The predicted molar refractivity (Wildman–Crippen MR) is 70.0 cm³/mol. The van der Waals surface area contributed by atoms with Gasteiger partial charge in [0.15, 0.2) is 11.5 Å². The van der Waals surface area contributed by atoms with Crippen LogP contribution < -0.4 is 4.74 Å². The number of phenols is 1. The van der Waals surface area contributed by atoms with Gasteiger partial charge in [-0.25, -0.2) is 0 Å². The van der Waals surface area contributed by atoms with Crippen LogP contribution in [0.15, 0.2) is 18.2 Å². The lowest BCUT2D eigenvalue weighted by Crippen LogP contribution is -2.52. The molecule has 4 heteroatoms. The first-order valence-electron chi connectivity index (χ1n) is 6.21. The Balaban J connectivity index is 2.11. The summed E-state index contributed by atoms with van der Waals surface area (Å²) in [4.78, 5) is 2.37. The molecule has 1 fully saturated rings. The van der Waals surface area contributed by atoms with E-state index in [-0.39, 0.29) is 11.3 Å². The standard InChI is InChI=1S/C14H21NO3/c1-14(2)10-18-7-6-15(14)9-11-4-5-13(17-3)12(16)8-11/h4-5,8,16H,6-7,9-10H2,1-3H3. The van der Waals surface area contributed by atoms with Gasteiger partial charge in [0.2, 0.25) is 0 Å². The van der Waals surface area contributed by atoms with Crippen LogP contribution in [0.5, 0.6) is 11.5 Å². The third-order valence-electron chi connectivity index (χ3n) is 3.43. The molecule has 1 saturated heterocycles. The van der Waals surface area contributed by atoms with Crippen LogP contribution in [-0.4, -0.2) is 42.4 Å². The van der Waals surface area contributed by atoms with E-state index in [1.165, 1.54) is 0 Å². The Hall–Kier alpha value is -1.26. The minimum absolute atomic E-state index is 0.0355. The van der Waals surface area contributed by atoms with Crippen LogP contribution in [0.25, 0.3) is 0 Å². The summed E-state index contributed by atoms with van der Waals surface area (Å²) in [6.07, 6.45) is 0. The quantitative estimate of drug-likeness (QED) is 0.892. The van der Waals surface area contributed by atoms with E-state index in [4.69, 9.17) is 9.47 Å². The maximum absolute atomic E-state index is 9.78. The zero-order valence-corrected chi connectivity index (χ0v) is 11.3. The molecule has 0 unspecified atom stereocenters. The third-order valence-corrected chi connectivity index (χ3v) is 3.43. The van der Waals surface area contributed by atoms with E-state index in [0.29, 0.717) is 5.75 Å². The van der Waals surface area contributed by atoms with Crippen molar-refractivity contribution in [3.05, 3.63) is 23.8 Å². The molecule has 0 spiro atoms. The van der Waals surface area contributed by atoms with Crippen molar-refractivity contribution < 1.29 is 14.6 Å². The molecule has 0 aromatic heterocycles. The molecule has 1 heterocycles. The summed E-state index contributed by atoms with van der Waals surface area (Å²) in [5, 5.41) is 9.78. The zero-order chi connectivity index (χ0) is 13.2. The molecule has 0 amide bonds. The second kappa shape index (κ2) is 5.16. The molecule has 100 valence electrons. The average Bonchev–Trinajstić information content (AvgIpc) is 2.32. The molecule has 0 aliphatic carbocycles. The lowest BCUT2D eigenvalue weighted by molar-refractivity contribution is -0.0553. The first kappa shape index (κ1) is 13.2. The maximum Gasteiger partial charge on any atom is 0.160 e. The Bertz CT molecular complexity index is 418. The van der Waals surface area contributed by atoms with Crippen LogP contribution in [0.1, 0.15) is 19.4 Å². The molecule has 1 aliphatic rings. The van der Waals surface area contributed by atoms with Crippen LogP contribution in [0.3, 0.4) is 0 Å². The number of phenolic OH excluding ortho intramolecular Hbond substituents is 1. The molecule has 1 aromatic rings. The lowest BCUT2D eigenvalue weighted by Gasteiger charge is -2.42. The number of hydrogen-bond donors (Lipinski definition) is 1. The topological polar surface area (TPSA) is 41.9 Å². The lowest BCUT2D eigenvalue weighted by atomic mass is 10.0. The highest BCUT2D eigenvalue weighted by atomic mass is 16.5. The van der Waals surface area contributed by atoms with Crippen molar-refractivity contribution in [2.24, 2.45) is 0 Å². The molecular formula is C14H21NO3. The minimum Gasteiger partial charge on any atom is -0.504 e. The molecular weight excluding hydrogens is 230 g/mol. The van der Waals surface area contributed by atoms with Crippen molar-refractivity contribution >= 4 is 0 Å². The Morgan fingerprint density at radius 1 is 1.44 bits per heavy atom. The van der Waals surface area contributed by atoms with Gasteiger partial charge in [-0.2, -0.15) is 0 Å². The fourth-order valence-corrected chi connectivity index (χ4v) is 2.24. The van der Waals surface area contributed by atoms with E-state index in [9.17, 15) is 5.11 Å². The third kappa shape index (κ3) is 2.76. The molecule has 0 radical (unpaired) electrons. The van der Waals surface area contributed by atoms with Gasteiger partial charge in [0.05, 0.1) is 20.3 Å². The van der Waals surface area contributed by atoms with Gasteiger partial charge in [-0.1, -0.05) is 6.07 Å². The number of morpholine rings is 1. The summed E-state index contributed by atoms with van der Waals surface area (Å²) in [6.45, 7) is 7.60. The molecule has 0 saturated carbocycles. The average molecular weight is 251 g/mol. The van der Waals surface area contributed by atoms with Crippen LogP contribution in [0.4, 0.5) is 0 Å². The summed E-state index contributed by atoms with van der Waals surface area (Å²) < 4.78 is 10.5. The van der Waals surface area contributed by atoms with E-state index in [0.717, 1.165) is 31.9 Å². The highest BCUT2D eigenvalue weighted by Crippen LogP contribution is 2.28. The summed E-state index contributed by atoms with van der Waals surface area (Å²) in [5.74, 6) is 0.709. The number of methoxy groups -OCH3 is 1. The fraction of sp³-hybridized carbons (Fsp3) is 0.571. The van der Waals surface area contributed by atoms with Gasteiger partial charge >= 0.3 is 0 Å². The van der Waals surface area contributed by atoms with E-state index in [1.807, 2.05) is 6.07 Å². The molecule has 2 rings (SSSR count).